The van der Waals surface area contributed by atoms with E-state index in [2.05, 4.69) is 5.43 Å². The third-order valence-corrected chi connectivity index (χ3v) is 3.61. The SMILES string of the molecule is CC1(c2ccc(F)cc2F)OC(=O)N(Nc2ccccc2)C1=N. The summed E-state index contributed by atoms with van der Waals surface area (Å²) in [6.45, 7) is 1.39. The predicted molar refractivity (Wildman–Crippen MR) is 79.8 cm³/mol. The molecule has 1 unspecified atom stereocenters. The molecule has 1 atom stereocenters. The average molecular weight is 317 g/mol. The van der Waals surface area contributed by atoms with Gasteiger partial charge in [-0.3, -0.25) is 10.8 Å². The Balaban J connectivity index is 1.93. The molecule has 0 bridgehead atoms. The molecule has 1 amide bonds. The van der Waals surface area contributed by atoms with Crippen LogP contribution in [-0.4, -0.2) is 16.9 Å². The Morgan fingerprint density at radius 2 is 1.87 bits per heavy atom. The van der Waals surface area contributed by atoms with E-state index in [1.54, 1.807) is 30.3 Å². The van der Waals surface area contributed by atoms with Crippen LogP contribution in [0.1, 0.15) is 12.5 Å². The van der Waals surface area contributed by atoms with E-state index in [0.717, 1.165) is 11.1 Å². The Bertz CT molecular complexity index is 782. The highest BCUT2D eigenvalue weighted by Gasteiger charge is 2.50. The highest BCUT2D eigenvalue weighted by atomic mass is 19.1. The van der Waals surface area contributed by atoms with Gasteiger partial charge < -0.3 is 4.74 Å². The van der Waals surface area contributed by atoms with Gasteiger partial charge in [-0.25, -0.2) is 13.6 Å². The van der Waals surface area contributed by atoms with Gasteiger partial charge in [-0.15, -0.1) is 0 Å². The van der Waals surface area contributed by atoms with Crippen LogP contribution in [0.4, 0.5) is 19.3 Å². The van der Waals surface area contributed by atoms with Crippen LogP contribution in [0.15, 0.2) is 48.5 Å². The van der Waals surface area contributed by atoms with Crippen LogP contribution < -0.4 is 5.43 Å². The van der Waals surface area contributed by atoms with Crippen molar-refractivity contribution in [3.63, 3.8) is 0 Å². The molecule has 2 aromatic rings. The van der Waals surface area contributed by atoms with Gasteiger partial charge in [-0.2, -0.15) is 5.01 Å². The molecule has 1 aliphatic heterocycles. The number of nitrogens with one attached hydrogen (secondary N) is 2. The van der Waals surface area contributed by atoms with Crippen LogP contribution >= 0.6 is 0 Å². The first kappa shape index (κ1) is 15.0. The molecular formula is C16H13F2N3O2. The highest BCUT2D eigenvalue weighted by molar-refractivity contribution is 6.05. The summed E-state index contributed by atoms with van der Waals surface area (Å²) >= 11 is 0. The summed E-state index contributed by atoms with van der Waals surface area (Å²) in [6, 6.07) is 11.6. The second-order valence-electron chi connectivity index (χ2n) is 5.19. The lowest BCUT2D eigenvalue weighted by atomic mass is 9.94. The monoisotopic (exact) mass is 317 g/mol. The lowest BCUT2D eigenvalue weighted by Crippen LogP contribution is -2.39. The van der Waals surface area contributed by atoms with E-state index in [-0.39, 0.29) is 11.4 Å². The summed E-state index contributed by atoms with van der Waals surface area (Å²) in [6.07, 6.45) is -0.843. The number of carbonyl (C=O) groups excluding carboxylic acids is 1. The van der Waals surface area contributed by atoms with Crippen molar-refractivity contribution in [2.45, 2.75) is 12.5 Å². The molecule has 5 nitrogen and oxygen atoms in total. The second kappa shape index (κ2) is 5.35. The first-order valence-corrected chi connectivity index (χ1v) is 6.81. The van der Waals surface area contributed by atoms with E-state index < -0.39 is 23.3 Å². The molecule has 0 saturated carbocycles. The third-order valence-electron chi connectivity index (χ3n) is 3.61. The average Bonchev–Trinajstić information content (AvgIpc) is 2.72. The van der Waals surface area contributed by atoms with Crippen LogP contribution in [0.5, 0.6) is 0 Å². The molecule has 1 saturated heterocycles. The Labute approximate surface area is 131 Å². The molecule has 118 valence electrons. The number of ether oxygens (including phenoxy) is 1. The topological polar surface area (TPSA) is 65.4 Å². The zero-order chi connectivity index (χ0) is 16.6. The van der Waals surface area contributed by atoms with Crippen LogP contribution in [0.3, 0.4) is 0 Å². The van der Waals surface area contributed by atoms with Gasteiger partial charge in [0.1, 0.15) is 11.6 Å². The number of hydrazine groups is 1. The van der Waals surface area contributed by atoms with E-state index in [4.69, 9.17) is 10.1 Å². The number of cyclic esters (lactones) is 1. The predicted octanol–water partition coefficient (Wildman–Crippen LogP) is 3.64. The fourth-order valence-corrected chi connectivity index (χ4v) is 2.38. The molecule has 2 aromatic carbocycles. The van der Waals surface area contributed by atoms with Gasteiger partial charge in [0.2, 0.25) is 0 Å². The normalized spacial score (nSPS) is 20.6. The van der Waals surface area contributed by atoms with Gasteiger partial charge in [0.05, 0.1) is 5.69 Å². The molecule has 23 heavy (non-hydrogen) atoms. The summed E-state index contributed by atoms with van der Waals surface area (Å²) in [5.74, 6) is -1.92. The molecule has 3 rings (SSSR count). The van der Waals surface area contributed by atoms with Gasteiger partial charge >= 0.3 is 6.09 Å². The van der Waals surface area contributed by atoms with Crippen molar-refractivity contribution in [1.82, 2.24) is 5.01 Å². The molecule has 1 heterocycles. The van der Waals surface area contributed by atoms with Gasteiger partial charge in [-0.1, -0.05) is 18.2 Å². The Hall–Kier alpha value is -2.96. The first-order chi connectivity index (χ1) is 10.9. The number of benzene rings is 2. The summed E-state index contributed by atoms with van der Waals surface area (Å²) in [4.78, 5) is 12.1. The van der Waals surface area contributed by atoms with E-state index in [1.165, 1.54) is 13.0 Å². The van der Waals surface area contributed by atoms with Crippen molar-refractivity contribution < 1.29 is 18.3 Å². The highest BCUT2D eigenvalue weighted by Crippen LogP contribution is 2.36. The maximum absolute atomic E-state index is 14.0. The third kappa shape index (κ3) is 2.50. The van der Waals surface area contributed by atoms with E-state index in [0.29, 0.717) is 11.8 Å². The van der Waals surface area contributed by atoms with Crippen molar-refractivity contribution in [3.8, 4) is 0 Å². The van der Waals surface area contributed by atoms with E-state index in [9.17, 15) is 13.6 Å². The van der Waals surface area contributed by atoms with Crippen LogP contribution in [0.2, 0.25) is 0 Å². The number of para-hydroxylation sites is 1. The van der Waals surface area contributed by atoms with Crippen LogP contribution in [0.25, 0.3) is 0 Å². The van der Waals surface area contributed by atoms with Crippen LogP contribution in [-0.2, 0) is 10.3 Å². The second-order valence-corrected chi connectivity index (χ2v) is 5.19. The molecule has 0 aliphatic carbocycles. The smallest absolute Gasteiger partial charge is 0.428 e. The van der Waals surface area contributed by atoms with E-state index in [1.807, 2.05) is 0 Å². The van der Waals surface area contributed by atoms with Crippen molar-refractivity contribution >= 4 is 17.6 Å². The zero-order valence-corrected chi connectivity index (χ0v) is 12.1. The molecule has 0 aromatic heterocycles. The lowest BCUT2D eigenvalue weighted by Gasteiger charge is -2.23. The quantitative estimate of drug-likeness (QED) is 0.908. The minimum Gasteiger partial charge on any atom is -0.428 e. The lowest BCUT2D eigenvalue weighted by molar-refractivity contribution is 0.0869. The first-order valence-electron chi connectivity index (χ1n) is 6.81. The summed E-state index contributed by atoms with van der Waals surface area (Å²) in [7, 11) is 0. The van der Waals surface area contributed by atoms with Crippen LogP contribution in [0, 0.1) is 17.0 Å². The minimum absolute atomic E-state index is 0.0883. The summed E-state index contributed by atoms with van der Waals surface area (Å²) in [5, 5.41) is 9.07. The maximum Gasteiger partial charge on any atom is 0.436 e. The maximum atomic E-state index is 14.0. The molecule has 0 spiro atoms. The fraction of sp³-hybridized carbons (Fsp3) is 0.125. The largest absolute Gasteiger partial charge is 0.436 e. The number of rotatable bonds is 3. The van der Waals surface area contributed by atoms with Gasteiger partial charge in [0, 0.05) is 11.6 Å². The number of amidine groups is 1. The van der Waals surface area contributed by atoms with E-state index >= 15 is 0 Å². The molecule has 0 radical (unpaired) electrons. The number of amides is 1. The molecule has 2 N–H and O–H groups in total. The molecule has 7 heteroatoms. The number of carbonyl (C=O) groups is 1. The number of halogens is 2. The Morgan fingerprint density at radius 1 is 1.17 bits per heavy atom. The fourth-order valence-electron chi connectivity index (χ4n) is 2.38. The molecule has 1 aliphatic rings. The Kier molecular flexibility index (Phi) is 3.48. The van der Waals surface area contributed by atoms with Crippen molar-refractivity contribution in [2.75, 3.05) is 5.43 Å². The van der Waals surface area contributed by atoms with Gasteiger partial charge in [-0.05, 0) is 31.2 Å². The minimum atomic E-state index is -1.64. The summed E-state index contributed by atoms with van der Waals surface area (Å²) in [5.41, 5.74) is 1.57. The number of nitrogens with zero attached hydrogens (tertiary/aromatic N) is 1. The summed E-state index contributed by atoms with van der Waals surface area (Å²) < 4.78 is 32.3. The number of hydrogen-bond acceptors (Lipinski definition) is 4. The van der Waals surface area contributed by atoms with Crippen molar-refractivity contribution in [2.24, 2.45) is 0 Å². The number of anilines is 1. The zero-order valence-electron chi connectivity index (χ0n) is 12.1. The number of hydrogen-bond donors (Lipinski definition) is 2. The standard InChI is InChI=1S/C16H13F2N3O2/c1-16(12-8-7-10(17)9-13(12)18)14(19)21(15(22)23-16)20-11-5-3-2-4-6-11/h2-9,19-20H,1H3. The van der Waals surface area contributed by atoms with Crippen molar-refractivity contribution in [1.29, 1.82) is 5.41 Å². The molecular weight excluding hydrogens is 304 g/mol. The van der Waals surface area contributed by atoms with Gasteiger partial charge in [0.25, 0.3) is 0 Å². The van der Waals surface area contributed by atoms with Crippen molar-refractivity contribution in [3.05, 3.63) is 65.7 Å². The Morgan fingerprint density at radius 3 is 2.52 bits per heavy atom. The molecule has 1 fully saturated rings. The van der Waals surface area contributed by atoms with Gasteiger partial charge in [0.15, 0.2) is 11.4 Å².